The predicted molar refractivity (Wildman–Crippen MR) is 138 cm³/mol. The molecule has 1 aromatic rings. The molecule has 0 aliphatic heterocycles. The maximum atomic E-state index is 4.63. The number of hydrogen-bond acceptors (Lipinski definition) is 0. The Balaban J connectivity index is 3.16. The highest BCUT2D eigenvalue weighted by molar-refractivity contribution is 5.81. The normalized spacial score (nSPS) is 14.9. The Morgan fingerprint density at radius 1 is 1.10 bits per heavy atom. The van der Waals surface area contributed by atoms with E-state index in [1.165, 1.54) is 57.4 Å². The molecule has 0 aliphatic carbocycles. The number of allylic oxidation sites excluding steroid dienone is 6. The van der Waals surface area contributed by atoms with Crippen molar-refractivity contribution in [1.82, 2.24) is 0 Å². The minimum Gasteiger partial charge on any atom is -0.0988 e. The van der Waals surface area contributed by atoms with Crippen molar-refractivity contribution in [2.75, 3.05) is 0 Å². The molecule has 0 heteroatoms. The van der Waals surface area contributed by atoms with Crippen LogP contribution < -0.4 is 0 Å². The van der Waals surface area contributed by atoms with Gasteiger partial charge >= 0.3 is 0 Å². The summed E-state index contributed by atoms with van der Waals surface area (Å²) in [5.41, 5.74) is 11.2. The zero-order chi connectivity index (χ0) is 22.8. The van der Waals surface area contributed by atoms with E-state index in [4.69, 9.17) is 0 Å². The average Bonchev–Trinajstić information content (AvgIpc) is 2.74. The molecule has 2 unspecified atom stereocenters. The topological polar surface area (TPSA) is 0 Å². The lowest BCUT2D eigenvalue weighted by molar-refractivity contribution is 0.528. The van der Waals surface area contributed by atoms with Crippen LogP contribution in [0, 0.1) is 12.8 Å². The van der Waals surface area contributed by atoms with E-state index in [-0.39, 0.29) is 0 Å². The van der Waals surface area contributed by atoms with Crippen molar-refractivity contribution in [2.24, 2.45) is 5.92 Å². The van der Waals surface area contributed by atoms with E-state index in [0.29, 0.717) is 11.8 Å². The molecule has 166 valence electrons. The molecule has 0 bridgehead atoms. The van der Waals surface area contributed by atoms with E-state index >= 15 is 0 Å². The first-order valence-corrected chi connectivity index (χ1v) is 12.0. The zero-order valence-corrected chi connectivity index (χ0v) is 21.1. The summed E-state index contributed by atoms with van der Waals surface area (Å²) in [6.45, 7) is 26.7. The van der Waals surface area contributed by atoms with E-state index in [2.05, 4.69) is 86.8 Å². The van der Waals surface area contributed by atoms with Gasteiger partial charge in [0.2, 0.25) is 0 Å². The minimum atomic E-state index is 0.591. The molecule has 0 aliphatic rings. The summed E-state index contributed by atoms with van der Waals surface area (Å²) < 4.78 is 0. The molecule has 1 aromatic carbocycles. The van der Waals surface area contributed by atoms with Crippen molar-refractivity contribution in [2.45, 2.75) is 99.8 Å². The molecular weight excluding hydrogens is 360 g/mol. The van der Waals surface area contributed by atoms with Gasteiger partial charge in [-0.05, 0) is 105 Å². The Labute approximate surface area is 187 Å². The van der Waals surface area contributed by atoms with Crippen LogP contribution in [0.5, 0.6) is 0 Å². The lowest BCUT2D eigenvalue weighted by Gasteiger charge is -2.23. The van der Waals surface area contributed by atoms with Crippen LogP contribution in [0.2, 0.25) is 0 Å². The fourth-order valence-electron chi connectivity index (χ4n) is 4.41. The van der Waals surface area contributed by atoms with Gasteiger partial charge < -0.3 is 0 Å². The highest BCUT2D eigenvalue weighted by Crippen LogP contribution is 2.36. The van der Waals surface area contributed by atoms with E-state index in [1.807, 2.05) is 6.08 Å². The molecular formula is C30H46. The van der Waals surface area contributed by atoms with Gasteiger partial charge in [-0.2, -0.15) is 0 Å². The van der Waals surface area contributed by atoms with Gasteiger partial charge in [0.25, 0.3) is 0 Å². The molecule has 0 fully saturated rings. The van der Waals surface area contributed by atoms with Gasteiger partial charge in [-0.3, -0.25) is 0 Å². The van der Waals surface area contributed by atoms with E-state index in [0.717, 1.165) is 25.7 Å². The van der Waals surface area contributed by atoms with Gasteiger partial charge in [0.05, 0.1) is 0 Å². The Hall–Kier alpha value is -1.82. The second-order valence-corrected chi connectivity index (χ2v) is 9.12. The summed E-state index contributed by atoms with van der Waals surface area (Å²) in [5, 5.41) is 0. The van der Waals surface area contributed by atoms with Gasteiger partial charge in [0.15, 0.2) is 0 Å². The number of hydrogen-bond donors (Lipinski definition) is 0. The van der Waals surface area contributed by atoms with Crippen LogP contribution >= 0.6 is 0 Å². The highest BCUT2D eigenvalue weighted by Gasteiger charge is 2.18. The molecule has 0 N–H and O–H groups in total. The fraction of sp³-hybridized carbons (Fsp3) is 0.533. The zero-order valence-electron chi connectivity index (χ0n) is 21.1. The number of rotatable bonds is 12. The highest BCUT2D eigenvalue weighted by atomic mass is 14.2. The largest absolute Gasteiger partial charge is 0.0988 e. The maximum Gasteiger partial charge on any atom is -0.0123 e. The fourth-order valence-corrected chi connectivity index (χ4v) is 4.41. The molecule has 0 saturated heterocycles. The summed E-state index contributed by atoms with van der Waals surface area (Å²) in [4.78, 5) is 0. The number of benzene rings is 1. The van der Waals surface area contributed by atoms with Crippen molar-refractivity contribution in [3.05, 3.63) is 76.4 Å². The average molecular weight is 407 g/mol. The van der Waals surface area contributed by atoms with Gasteiger partial charge in [-0.1, -0.05) is 83.2 Å². The standard InChI is InChI=1S/C30H46/c1-11-15-27(18-16-21(5)20-25(9)22(6)12-2)26(10)30-24(8)17-19-29(23(7)13-3)28(30)14-4/h12,15,17,19,21,23H,2,10-11,13-14,16,18,20H2,1,3-9H3/b25-22-,27-15+. The molecule has 1 rings (SSSR count). The summed E-state index contributed by atoms with van der Waals surface area (Å²) in [7, 11) is 0. The van der Waals surface area contributed by atoms with Crippen molar-refractivity contribution in [3.63, 3.8) is 0 Å². The van der Waals surface area contributed by atoms with Crippen molar-refractivity contribution in [3.8, 4) is 0 Å². The first kappa shape index (κ1) is 26.2. The smallest absolute Gasteiger partial charge is 0.0123 e. The van der Waals surface area contributed by atoms with Crippen molar-refractivity contribution in [1.29, 1.82) is 0 Å². The first-order chi connectivity index (χ1) is 14.2. The molecule has 0 saturated carbocycles. The van der Waals surface area contributed by atoms with E-state index in [9.17, 15) is 0 Å². The second-order valence-electron chi connectivity index (χ2n) is 9.12. The van der Waals surface area contributed by atoms with Crippen molar-refractivity contribution >= 4 is 5.57 Å². The SMILES string of the molecule is C=C/C(C)=C(/C)CC(C)CC/C(=C\CC)C(=C)c1c(C)ccc(C(C)CC)c1CC. The van der Waals surface area contributed by atoms with E-state index in [1.54, 1.807) is 0 Å². The predicted octanol–water partition coefficient (Wildman–Crippen LogP) is 9.75. The third-order valence-corrected chi connectivity index (χ3v) is 6.73. The lowest BCUT2D eigenvalue weighted by atomic mass is 9.81. The molecule has 0 amide bonds. The van der Waals surface area contributed by atoms with Crippen LogP contribution in [0.25, 0.3) is 5.57 Å². The quantitative estimate of drug-likeness (QED) is 0.303. The first-order valence-electron chi connectivity index (χ1n) is 12.0. The summed E-state index contributed by atoms with van der Waals surface area (Å²) in [6.07, 6.45) is 11.1. The molecule has 0 spiro atoms. The number of aryl methyl sites for hydroxylation is 1. The summed E-state index contributed by atoms with van der Waals surface area (Å²) in [6, 6.07) is 4.65. The third kappa shape index (κ3) is 6.86. The molecule has 0 radical (unpaired) electrons. The van der Waals surface area contributed by atoms with Gasteiger partial charge in [0, 0.05) is 0 Å². The summed E-state index contributed by atoms with van der Waals surface area (Å²) >= 11 is 0. The van der Waals surface area contributed by atoms with Crippen LogP contribution in [-0.2, 0) is 6.42 Å². The third-order valence-electron chi connectivity index (χ3n) is 6.73. The minimum absolute atomic E-state index is 0.591. The molecule has 30 heavy (non-hydrogen) atoms. The van der Waals surface area contributed by atoms with Crippen LogP contribution in [0.4, 0.5) is 0 Å². The van der Waals surface area contributed by atoms with Gasteiger partial charge in [0.1, 0.15) is 0 Å². The molecule has 2 atom stereocenters. The van der Waals surface area contributed by atoms with Gasteiger partial charge in [-0.15, -0.1) is 0 Å². The molecule has 0 aromatic heterocycles. The van der Waals surface area contributed by atoms with Crippen LogP contribution in [0.1, 0.15) is 109 Å². The Morgan fingerprint density at radius 3 is 2.30 bits per heavy atom. The summed E-state index contributed by atoms with van der Waals surface area (Å²) in [5.74, 6) is 1.25. The monoisotopic (exact) mass is 406 g/mol. The maximum absolute atomic E-state index is 4.63. The van der Waals surface area contributed by atoms with Crippen LogP contribution in [0.3, 0.4) is 0 Å². The van der Waals surface area contributed by atoms with Crippen LogP contribution in [-0.4, -0.2) is 0 Å². The van der Waals surface area contributed by atoms with E-state index < -0.39 is 0 Å². The Kier molecular flexibility index (Phi) is 11.2. The lowest BCUT2D eigenvalue weighted by Crippen LogP contribution is -2.06. The molecule has 0 heterocycles. The second kappa shape index (κ2) is 12.8. The Morgan fingerprint density at radius 2 is 1.77 bits per heavy atom. The Bertz CT molecular complexity index is 785. The van der Waals surface area contributed by atoms with Crippen molar-refractivity contribution < 1.29 is 0 Å². The molecule has 0 nitrogen and oxygen atoms in total. The van der Waals surface area contributed by atoms with Gasteiger partial charge in [-0.25, -0.2) is 0 Å². The van der Waals surface area contributed by atoms with Crippen LogP contribution in [0.15, 0.2) is 54.2 Å².